The van der Waals surface area contributed by atoms with Crippen LogP contribution >= 0.6 is 15.9 Å². The monoisotopic (exact) mass is 446 g/mol. The zero-order valence-corrected chi connectivity index (χ0v) is 16.8. The smallest absolute Gasteiger partial charge is 0.311 e. The maximum absolute atomic E-state index is 12.3. The minimum absolute atomic E-state index is 0.0329. The lowest BCUT2D eigenvalue weighted by Gasteiger charge is -2.19. The summed E-state index contributed by atoms with van der Waals surface area (Å²) in [7, 11) is 1.52. The summed E-state index contributed by atoms with van der Waals surface area (Å²) < 4.78 is 11.3. The summed E-state index contributed by atoms with van der Waals surface area (Å²) >= 11 is 3.31. The van der Waals surface area contributed by atoms with Gasteiger partial charge in [0.25, 0.3) is 5.91 Å². The first-order chi connectivity index (χ1) is 13.5. The Kier molecular flexibility index (Phi) is 6.30. The van der Waals surface area contributed by atoms with E-state index in [4.69, 9.17) is 9.47 Å². The highest BCUT2D eigenvalue weighted by atomic mass is 79.9. The summed E-state index contributed by atoms with van der Waals surface area (Å²) in [6.07, 6.45) is 0.0329. The van der Waals surface area contributed by atoms with Crippen LogP contribution in [0.5, 0.6) is 5.75 Å². The summed E-state index contributed by atoms with van der Waals surface area (Å²) in [5.41, 5.74) is 1.21. The first kappa shape index (κ1) is 19.9. The number of methoxy groups -OCH3 is 1. The first-order valence-electron chi connectivity index (χ1n) is 8.63. The summed E-state index contributed by atoms with van der Waals surface area (Å²) in [5, 5.41) is 2.64. The van der Waals surface area contributed by atoms with Gasteiger partial charge in [0, 0.05) is 23.1 Å². The lowest BCUT2D eigenvalue weighted by atomic mass is 10.1. The minimum Gasteiger partial charge on any atom is -0.495 e. The largest absolute Gasteiger partial charge is 0.495 e. The van der Waals surface area contributed by atoms with Crippen LogP contribution in [0.2, 0.25) is 0 Å². The van der Waals surface area contributed by atoms with Crippen LogP contribution in [0.15, 0.2) is 53.0 Å². The van der Waals surface area contributed by atoms with Crippen molar-refractivity contribution in [1.29, 1.82) is 0 Å². The predicted octanol–water partition coefficient (Wildman–Crippen LogP) is 2.99. The molecule has 3 rings (SSSR count). The normalized spacial score (nSPS) is 16.0. The maximum Gasteiger partial charge on any atom is 0.311 e. The van der Waals surface area contributed by atoms with Crippen molar-refractivity contribution in [2.45, 2.75) is 6.42 Å². The molecule has 7 nitrogen and oxygen atoms in total. The third-order valence-electron chi connectivity index (χ3n) is 4.31. The first-order valence-corrected chi connectivity index (χ1v) is 9.42. The highest BCUT2D eigenvalue weighted by molar-refractivity contribution is 9.10. The van der Waals surface area contributed by atoms with Gasteiger partial charge in [-0.2, -0.15) is 0 Å². The molecular formula is C20H19BrN2O5. The fraction of sp³-hybridized carbons (Fsp3) is 0.250. The number of nitrogens with zero attached hydrogens (tertiary/aromatic N) is 1. The van der Waals surface area contributed by atoms with E-state index in [1.165, 1.54) is 12.0 Å². The van der Waals surface area contributed by atoms with E-state index in [9.17, 15) is 14.4 Å². The van der Waals surface area contributed by atoms with Gasteiger partial charge < -0.3 is 19.7 Å². The summed E-state index contributed by atoms with van der Waals surface area (Å²) in [4.78, 5) is 38.1. The molecule has 0 aromatic heterocycles. The number of hydrogen-bond acceptors (Lipinski definition) is 5. The average molecular weight is 447 g/mol. The van der Waals surface area contributed by atoms with E-state index >= 15 is 0 Å². The molecule has 1 saturated heterocycles. The number of benzene rings is 2. The van der Waals surface area contributed by atoms with Crippen molar-refractivity contribution in [1.82, 2.24) is 0 Å². The van der Waals surface area contributed by atoms with Crippen LogP contribution in [0.3, 0.4) is 0 Å². The van der Waals surface area contributed by atoms with Crippen LogP contribution in [-0.2, 0) is 19.1 Å². The molecule has 1 fully saturated rings. The Morgan fingerprint density at radius 2 is 1.89 bits per heavy atom. The molecule has 0 bridgehead atoms. The number of hydrogen-bond donors (Lipinski definition) is 1. The molecule has 2 amide bonds. The van der Waals surface area contributed by atoms with Crippen molar-refractivity contribution in [3.05, 3.63) is 53.0 Å². The molecule has 1 N–H and O–H groups in total. The third kappa shape index (κ3) is 4.69. The Balaban J connectivity index is 1.54. The van der Waals surface area contributed by atoms with Gasteiger partial charge in [0.05, 0.1) is 18.7 Å². The Hall–Kier alpha value is -2.87. The van der Waals surface area contributed by atoms with Crippen LogP contribution in [0.1, 0.15) is 6.42 Å². The molecule has 1 atom stereocenters. The highest BCUT2D eigenvalue weighted by Crippen LogP contribution is 2.33. The van der Waals surface area contributed by atoms with Crippen molar-refractivity contribution >= 4 is 45.1 Å². The average Bonchev–Trinajstić information content (AvgIpc) is 3.09. The number of rotatable bonds is 6. The van der Waals surface area contributed by atoms with Gasteiger partial charge in [-0.1, -0.05) is 28.1 Å². The van der Waals surface area contributed by atoms with Crippen LogP contribution in [0.4, 0.5) is 11.4 Å². The van der Waals surface area contributed by atoms with Gasteiger partial charge in [0.1, 0.15) is 5.75 Å². The second kappa shape index (κ2) is 8.88. The van der Waals surface area contributed by atoms with Crippen LogP contribution < -0.4 is 15.0 Å². The SMILES string of the molecule is COc1ccccc1N1C[C@@H](C(=O)OCC(=O)Nc2ccc(Br)cc2)CC1=O. The molecule has 1 aliphatic heterocycles. The number of para-hydroxylation sites is 2. The van der Waals surface area contributed by atoms with Crippen molar-refractivity contribution < 1.29 is 23.9 Å². The standard InChI is InChI=1S/C20H19BrN2O5/c1-27-17-5-3-2-4-16(17)23-11-13(10-19(23)25)20(26)28-12-18(24)22-15-8-6-14(21)7-9-15/h2-9,13H,10-12H2,1H3,(H,22,24)/t13-/m0/s1. The third-order valence-corrected chi connectivity index (χ3v) is 4.84. The number of amides is 2. The van der Waals surface area contributed by atoms with E-state index in [-0.39, 0.29) is 18.9 Å². The van der Waals surface area contributed by atoms with E-state index in [1.54, 1.807) is 48.5 Å². The van der Waals surface area contributed by atoms with Gasteiger partial charge >= 0.3 is 5.97 Å². The second-order valence-corrected chi connectivity index (χ2v) is 7.16. The van der Waals surface area contributed by atoms with Crippen molar-refractivity contribution in [3.63, 3.8) is 0 Å². The molecule has 2 aromatic carbocycles. The van der Waals surface area contributed by atoms with E-state index in [2.05, 4.69) is 21.2 Å². The van der Waals surface area contributed by atoms with Gasteiger partial charge in [0.2, 0.25) is 5.91 Å². The number of halogens is 1. The molecule has 0 aliphatic carbocycles. The van der Waals surface area contributed by atoms with E-state index in [0.717, 1.165) is 4.47 Å². The number of anilines is 2. The fourth-order valence-electron chi connectivity index (χ4n) is 2.94. The van der Waals surface area contributed by atoms with Gasteiger partial charge in [-0.05, 0) is 36.4 Å². The zero-order chi connectivity index (χ0) is 20.1. The molecule has 1 heterocycles. The van der Waals surface area contributed by atoms with Gasteiger partial charge in [0.15, 0.2) is 6.61 Å². The molecule has 28 heavy (non-hydrogen) atoms. The zero-order valence-electron chi connectivity index (χ0n) is 15.2. The van der Waals surface area contributed by atoms with Crippen LogP contribution in [0.25, 0.3) is 0 Å². The van der Waals surface area contributed by atoms with Crippen molar-refractivity contribution in [2.75, 3.05) is 30.5 Å². The predicted molar refractivity (Wildman–Crippen MR) is 107 cm³/mol. The van der Waals surface area contributed by atoms with Gasteiger partial charge in [-0.25, -0.2) is 0 Å². The molecule has 0 spiro atoms. The number of nitrogens with one attached hydrogen (secondary N) is 1. The molecule has 0 saturated carbocycles. The summed E-state index contributed by atoms with van der Waals surface area (Å²) in [6, 6.07) is 14.1. The lowest BCUT2D eigenvalue weighted by molar-refractivity contribution is -0.151. The Morgan fingerprint density at radius 1 is 1.18 bits per heavy atom. The maximum atomic E-state index is 12.3. The summed E-state index contributed by atoms with van der Waals surface area (Å²) in [5.74, 6) is -1.28. The summed E-state index contributed by atoms with van der Waals surface area (Å²) in [6.45, 7) is -0.222. The van der Waals surface area contributed by atoms with Crippen molar-refractivity contribution in [3.8, 4) is 5.75 Å². The molecular weight excluding hydrogens is 428 g/mol. The topological polar surface area (TPSA) is 84.9 Å². The number of carbonyl (C=O) groups is 3. The molecule has 0 radical (unpaired) electrons. The van der Waals surface area contributed by atoms with Crippen LogP contribution in [-0.4, -0.2) is 38.0 Å². The second-order valence-electron chi connectivity index (χ2n) is 6.24. The Morgan fingerprint density at radius 3 is 2.61 bits per heavy atom. The highest BCUT2D eigenvalue weighted by Gasteiger charge is 2.37. The molecule has 2 aromatic rings. The van der Waals surface area contributed by atoms with Crippen LogP contribution in [0, 0.1) is 5.92 Å². The molecule has 146 valence electrons. The quantitative estimate of drug-likeness (QED) is 0.689. The fourth-order valence-corrected chi connectivity index (χ4v) is 3.20. The minimum atomic E-state index is -0.627. The Bertz CT molecular complexity index is 884. The Labute approximate surface area is 170 Å². The number of carbonyl (C=O) groups excluding carboxylic acids is 3. The van der Waals surface area contributed by atoms with E-state index in [0.29, 0.717) is 17.1 Å². The molecule has 1 aliphatic rings. The van der Waals surface area contributed by atoms with E-state index < -0.39 is 24.4 Å². The lowest BCUT2D eigenvalue weighted by Crippen LogP contribution is -2.28. The van der Waals surface area contributed by atoms with E-state index in [1.807, 2.05) is 0 Å². The number of esters is 1. The van der Waals surface area contributed by atoms with Gasteiger partial charge in [-0.3, -0.25) is 14.4 Å². The molecule has 0 unspecified atom stereocenters. The molecule has 8 heteroatoms. The van der Waals surface area contributed by atoms with Gasteiger partial charge in [-0.15, -0.1) is 0 Å². The number of ether oxygens (including phenoxy) is 2. The van der Waals surface area contributed by atoms with Crippen molar-refractivity contribution in [2.24, 2.45) is 5.92 Å².